The first-order chi connectivity index (χ1) is 8.35. The molecule has 0 bridgehead atoms. The molecule has 1 atom stereocenters. The summed E-state index contributed by atoms with van der Waals surface area (Å²) in [6.45, 7) is 2.56. The molecule has 3 nitrogen and oxygen atoms in total. The predicted octanol–water partition coefficient (Wildman–Crippen LogP) is 1.90. The summed E-state index contributed by atoms with van der Waals surface area (Å²) in [6.07, 6.45) is 2.95. The highest BCUT2D eigenvalue weighted by molar-refractivity contribution is 5.63. The Morgan fingerprint density at radius 3 is 3.06 bits per heavy atom. The monoisotopic (exact) mass is 233 g/mol. The summed E-state index contributed by atoms with van der Waals surface area (Å²) in [5.41, 5.74) is 2.56. The van der Waals surface area contributed by atoms with E-state index < -0.39 is 0 Å². The lowest BCUT2D eigenvalue weighted by atomic mass is 9.93. The van der Waals surface area contributed by atoms with Gasteiger partial charge in [-0.2, -0.15) is 0 Å². The van der Waals surface area contributed by atoms with Crippen molar-refractivity contribution >= 4 is 12.0 Å². The minimum Gasteiger partial charge on any atom is -0.385 e. The topological polar surface area (TPSA) is 29.5 Å². The first kappa shape index (κ1) is 12.1. The van der Waals surface area contributed by atoms with Crippen molar-refractivity contribution in [1.82, 2.24) is 0 Å². The number of hydrogen-bond donors (Lipinski definition) is 0. The number of carbonyl (C=O) groups excluding carboxylic acids is 1. The number of para-hydroxylation sites is 1. The second kappa shape index (κ2) is 5.82. The number of ether oxygens (including phenoxy) is 1. The highest BCUT2D eigenvalue weighted by atomic mass is 16.5. The van der Waals surface area contributed by atoms with Gasteiger partial charge in [-0.05, 0) is 24.5 Å². The number of aldehydes is 1. The molecule has 2 rings (SSSR count). The molecule has 1 aliphatic heterocycles. The van der Waals surface area contributed by atoms with Crippen LogP contribution in [0, 0.1) is 5.92 Å². The molecule has 0 saturated heterocycles. The van der Waals surface area contributed by atoms with Gasteiger partial charge in [-0.3, -0.25) is 0 Å². The number of hydrogen-bond acceptors (Lipinski definition) is 3. The Morgan fingerprint density at radius 1 is 1.47 bits per heavy atom. The van der Waals surface area contributed by atoms with Crippen LogP contribution in [0.15, 0.2) is 24.3 Å². The van der Waals surface area contributed by atoms with Gasteiger partial charge in [-0.25, -0.2) is 0 Å². The van der Waals surface area contributed by atoms with E-state index in [9.17, 15) is 4.79 Å². The number of nitrogens with zero attached hydrogens (tertiary/aromatic N) is 1. The molecule has 92 valence electrons. The molecule has 0 amide bonds. The average molecular weight is 233 g/mol. The molecule has 0 N–H and O–H groups in total. The maximum atomic E-state index is 11.0. The van der Waals surface area contributed by atoms with Crippen LogP contribution in [0.25, 0.3) is 0 Å². The summed E-state index contributed by atoms with van der Waals surface area (Å²) >= 11 is 0. The number of rotatable bonds is 5. The maximum absolute atomic E-state index is 11.0. The molecular weight excluding hydrogens is 214 g/mol. The minimum atomic E-state index is 0.132. The first-order valence-corrected chi connectivity index (χ1v) is 6.12. The van der Waals surface area contributed by atoms with Gasteiger partial charge in [0.2, 0.25) is 0 Å². The van der Waals surface area contributed by atoms with Crippen molar-refractivity contribution in [2.45, 2.75) is 12.8 Å². The molecule has 1 aromatic carbocycles. The largest absolute Gasteiger partial charge is 0.385 e. The Bertz CT molecular complexity index is 378. The average Bonchev–Trinajstić information content (AvgIpc) is 2.38. The minimum absolute atomic E-state index is 0.132. The van der Waals surface area contributed by atoms with Crippen LogP contribution >= 0.6 is 0 Å². The Morgan fingerprint density at radius 2 is 2.29 bits per heavy atom. The molecule has 1 aliphatic rings. The molecule has 0 fully saturated rings. The van der Waals surface area contributed by atoms with Crippen LogP contribution in [0.5, 0.6) is 0 Å². The van der Waals surface area contributed by atoms with Crippen LogP contribution in [0.3, 0.4) is 0 Å². The Kier molecular flexibility index (Phi) is 4.15. The fraction of sp³-hybridized carbons (Fsp3) is 0.500. The van der Waals surface area contributed by atoms with Crippen molar-refractivity contribution in [2.24, 2.45) is 5.92 Å². The van der Waals surface area contributed by atoms with Crippen molar-refractivity contribution in [3.8, 4) is 0 Å². The summed E-state index contributed by atoms with van der Waals surface area (Å²) < 4.78 is 5.08. The SMILES string of the molecule is COCCCN1CC(C=O)Cc2ccccc21. The number of fused-ring (bicyclic) bond motifs is 1. The Labute approximate surface area is 102 Å². The summed E-state index contributed by atoms with van der Waals surface area (Å²) in [7, 11) is 1.72. The number of benzene rings is 1. The highest BCUT2D eigenvalue weighted by Gasteiger charge is 2.23. The molecule has 0 saturated carbocycles. The van der Waals surface area contributed by atoms with Gasteiger partial charge < -0.3 is 14.4 Å². The molecule has 17 heavy (non-hydrogen) atoms. The molecule has 1 unspecified atom stereocenters. The lowest BCUT2D eigenvalue weighted by Gasteiger charge is -2.34. The Hall–Kier alpha value is -1.35. The molecular formula is C14H19NO2. The van der Waals surface area contributed by atoms with E-state index in [4.69, 9.17) is 4.74 Å². The summed E-state index contributed by atoms with van der Waals surface area (Å²) in [6, 6.07) is 8.36. The van der Waals surface area contributed by atoms with Gasteiger partial charge in [0.15, 0.2) is 0 Å². The molecule has 0 aromatic heterocycles. The molecule has 1 heterocycles. The normalized spacial score (nSPS) is 18.9. The van der Waals surface area contributed by atoms with Crippen LogP contribution in [0.2, 0.25) is 0 Å². The van der Waals surface area contributed by atoms with Gasteiger partial charge in [-0.1, -0.05) is 18.2 Å². The molecule has 0 aliphatic carbocycles. The standard InChI is InChI=1S/C14H19NO2/c1-17-8-4-7-15-10-12(11-16)9-13-5-2-3-6-14(13)15/h2-3,5-6,11-12H,4,7-10H2,1H3. The van der Waals surface area contributed by atoms with E-state index in [0.717, 1.165) is 38.8 Å². The van der Waals surface area contributed by atoms with Crippen molar-refractivity contribution in [3.63, 3.8) is 0 Å². The van der Waals surface area contributed by atoms with E-state index in [2.05, 4.69) is 23.1 Å². The van der Waals surface area contributed by atoms with E-state index in [1.165, 1.54) is 11.3 Å². The molecule has 3 heteroatoms. The molecule has 1 aromatic rings. The number of methoxy groups -OCH3 is 1. The third kappa shape index (κ3) is 2.86. The zero-order valence-electron chi connectivity index (χ0n) is 10.3. The van der Waals surface area contributed by atoms with Gasteiger partial charge in [0.05, 0.1) is 0 Å². The van der Waals surface area contributed by atoms with Gasteiger partial charge in [0, 0.05) is 38.4 Å². The van der Waals surface area contributed by atoms with Crippen molar-refractivity contribution in [1.29, 1.82) is 0 Å². The van der Waals surface area contributed by atoms with Crippen molar-refractivity contribution in [3.05, 3.63) is 29.8 Å². The highest BCUT2D eigenvalue weighted by Crippen LogP contribution is 2.28. The number of anilines is 1. The summed E-state index contributed by atoms with van der Waals surface area (Å²) in [5.74, 6) is 0.132. The van der Waals surface area contributed by atoms with Crippen LogP contribution in [-0.2, 0) is 16.0 Å². The Balaban J connectivity index is 2.11. The van der Waals surface area contributed by atoms with E-state index in [0.29, 0.717) is 0 Å². The van der Waals surface area contributed by atoms with E-state index in [-0.39, 0.29) is 5.92 Å². The van der Waals surface area contributed by atoms with Crippen LogP contribution in [0.1, 0.15) is 12.0 Å². The zero-order valence-corrected chi connectivity index (χ0v) is 10.3. The second-order valence-electron chi connectivity index (χ2n) is 4.52. The summed E-state index contributed by atoms with van der Waals surface area (Å²) in [5, 5.41) is 0. The fourth-order valence-corrected chi connectivity index (χ4v) is 2.42. The van der Waals surface area contributed by atoms with Crippen LogP contribution in [0.4, 0.5) is 5.69 Å². The van der Waals surface area contributed by atoms with Gasteiger partial charge in [0.1, 0.15) is 6.29 Å². The van der Waals surface area contributed by atoms with Gasteiger partial charge in [0.25, 0.3) is 0 Å². The van der Waals surface area contributed by atoms with E-state index in [1.54, 1.807) is 7.11 Å². The first-order valence-electron chi connectivity index (χ1n) is 6.12. The smallest absolute Gasteiger partial charge is 0.125 e. The second-order valence-corrected chi connectivity index (χ2v) is 4.52. The van der Waals surface area contributed by atoms with Crippen LogP contribution < -0.4 is 4.90 Å². The fourth-order valence-electron chi connectivity index (χ4n) is 2.42. The van der Waals surface area contributed by atoms with E-state index >= 15 is 0 Å². The quantitative estimate of drug-likeness (QED) is 0.574. The summed E-state index contributed by atoms with van der Waals surface area (Å²) in [4.78, 5) is 13.3. The molecule has 0 spiro atoms. The van der Waals surface area contributed by atoms with Crippen LogP contribution in [-0.4, -0.2) is 33.1 Å². The van der Waals surface area contributed by atoms with Crippen molar-refractivity contribution < 1.29 is 9.53 Å². The maximum Gasteiger partial charge on any atom is 0.125 e. The van der Waals surface area contributed by atoms with Crippen molar-refractivity contribution in [2.75, 3.05) is 31.7 Å². The predicted molar refractivity (Wildman–Crippen MR) is 68.4 cm³/mol. The molecule has 0 radical (unpaired) electrons. The lowest BCUT2D eigenvalue weighted by Crippen LogP contribution is -2.37. The zero-order chi connectivity index (χ0) is 12.1. The lowest BCUT2D eigenvalue weighted by molar-refractivity contribution is -0.110. The third-order valence-corrected chi connectivity index (χ3v) is 3.24. The van der Waals surface area contributed by atoms with Gasteiger partial charge in [-0.15, -0.1) is 0 Å². The van der Waals surface area contributed by atoms with Gasteiger partial charge >= 0.3 is 0 Å². The third-order valence-electron chi connectivity index (χ3n) is 3.24. The number of carbonyl (C=O) groups is 1. The van der Waals surface area contributed by atoms with E-state index in [1.807, 2.05) is 6.07 Å².